The summed E-state index contributed by atoms with van der Waals surface area (Å²) in [7, 11) is 0. The van der Waals surface area contributed by atoms with E-state index in [4.69, 9.17) is 5.73 Å². The predicted octanol–water partition coefficient (Wildman–Crippen LogP) is 3.75. The number of hydrogen-bond acceptors (Lipinski definition) is 2. The Labute approximate surface area is 96.7 Å². The fourth-order valence-corrected chi connectivity index (χ4v) is 3.49. The summed E-state index contributed by atoms with van der Waals surface area (Å²) >= 11 is 1.76. The molecule has 1 aromatic rings. The minimum absolute atomic E-state index is 0.0345. The molecule has 1 fully saturated rings. The van der Waals surface area contributed by atoms with Gasteiger partial charge in [0.15, 0.2) is 0 Å². The summed E-state index contributed by atoms with van der Waals surface area (Å²) in [5, 5.41) is 4.37. The van der Waals surface area contributed by atoms with Gasteiger partial charge in [-0.3, -0.25) is 0 Å². The maximum absolute atomic E-state index is 6.56. The minimum Gasteiger partial charge on any atom is -0.321 e. The Morgan fingerprint density at radius 1 is 1.53 bits per heavy atom. The molecule has 2 unspecified atom stereocenters. The Balaban J connectivity index is 2.15. The molecule has 1 aromatic heterocycles. The lowest BCUT2D eigenvalue weighted by molar-refractivity contribution is 0.184. The van der Waals surface area contributed by atoms with Crippen molar-refractivity contribution in [1.82, 2.24) is 0 Å². The van der Waals surface area contributed by atoms with Crippen LogP contribution in [-0.2, 0) is 5.54 Å². The Morgan fingerprint density at radius 3 is 2.93 bits per heavy atom. The predicted molar refractivity (Wildman–Crippen MR) is 67.0 cm³/mol. The average Bonchev–Trinajstić information content (AvgIpc) is 2.71. The summed E-state index contributed by atoms with van der Waals surface area (Å²) in [6, 6.07) is 2.20. The molecule has 2 rings (SSSR count). The highest BCUT2D eigenvalue weighted by molar-refractivity contribution is 7.08. The van der Waals surface area contributed by atoms with Crippen molar-refractivity contribution in [2.45, 2.75) is 45.1 Å². The van der Waals surface area contributed by atoms with Crippen molar-refractivity contribution in [3.63, 3.8) is 0 Å². The van der Waals surface area contributed by atoms with Crippen LogP contribution < -0.4 is 5.73 Å². The molecule has 15 heavy (non-hydrogen) atoms. The zero-order valence-electron chi connectivity index (χ0n) is 9.70. The smallest absolute Gasteiger partial charge is 0.0420 e. The Bertz CT molecular complexity index is 304. The highest BCUT2D eigenvalue weighted by Gasteiger charge is 2.35. The molecule has 0 radical (unpaired) electrons. The molecule has 0 saturated heterocycles. The van der Waals surface area contributed by atoms with Crippen LogP contribution in [0.1, 0.15) is 45.1 Å². The van der Waals surface area contributed by atoms with E-state index in [1.165, 1.54) is 24.8 Å². The van der Waals surface area contributed by atoms with Gasteiger partial charge >= 0.3 is 0 Å². The van der Waals surface area contributed by atoms with E-state index in [0.717, 1.165) is 18.3 Å². The monoisotopic (exact) mass is 223 g/mol. The van der Waals surface area contributed by atoms with Crippen LogP contribution in [-0.4, -0.2) is 0 Å². The largest absolute Gasteiger partial charge is 0.321 e. The maximum atomic E-state index is 6.56. The third-order valence-corrected chi connectivity index (χ3v) is 4.55. The van der Waals surface area contributed by atoms with Crippen LogP contribution in [0.25, 0.3) is 0 Å². The number of nitrogens with two attached hydrogens (primary N) is 1. The third kappa shape index (κ3) is 2.26. The summed E-state index contributed by atoms with van der Waals surface area (Å²) in [5.41, 5.74) is 7.88. The van der Waals surface area contributed by atoms with Gasteiger partial charge in [0.1, 0.15) is 0 Å². The zero-order chi connectivity index (χ0) is 10.9. The summed E-state index contributed by atoms with van der Waals surface area (Å²) in [5.74, 6) is 1.58. The molecule has 0 aromatic carbocycles. The minimum atomic E-state index is -0.0345. The van der Waals surface area contributed by atoms with Gasteiger partial charge in [0.25, 0.3) is 0 Å². The van der Waals surface area contributed by atoms with Crippen LogP contribution in [0.15, 0.2) is 16.8 Å². The van der Waals surface area contributed by atoms with Gasteiger partial charge in [-0.15, -0.1) is 0 Å². The molecule has 1 saturated carbocycles. The number of rotatable bonds is 2. The van der Waals surface area contributed by atoms with Crippen molar-refractivity contribution in [2.24, 2.45) is 17.6 Å². The number of hydrogen-bond donors (Lipinski definition) is 1. The molecule has 84 valence electrons. The number of thiophene rings is 1. The highest BCUT2D eigenvalue weighted by atomic mass is 32.1. The van der Waals surface area contributed by atoms with Gasteiger partial charge in [0.05, 0.1) is 0 Å². The third-order valence-electron chi connectivity index (χ3n) is 3.86. The van der Waals surface area contributed by atoms with E-state index in [0.29, 0.717) is 0 Å². The molecule has 2 N–H and O–H groups in total. The van der Waals surface area contributed by atoms with Gasteiger partial charge in [-0.05, 0) is 47.1 Å². The maximum Gasteiger partial charge on any atom is 0.0420 e. The van der Waals surface area contributed by atoms with Crippen molar-refractivity contribution in [3.05, 3.63) is 22.4 Å². The van der Waals surface area contributed by atoms with Crippen LogP contribution >= 0.6 is 11.3 Å². The van der Waals surface area contributed by atoms with Crippen molar-refractivity contribution >= 4 is 11.3 Å². The summed E-state index contributed by atoms with van der Waals surface area (Å²) in [4.78, 5) is 0. The van der Waals surface area contributed by atoms with Crippen molar-refractivity contribution in [3.8, 4) is 0 Å². The SMILES string of the molecule is CC(C)C1CCCC(N)(c2ccsc2)C1. The summed E-state index contributed by atoms with van der Waals surface area (Å²) in [6.45, 7) is 4.65. The molecular formula is C13H21NS. The van der Waals surface area contributed by atoms with E-state index in [9.17, 15) is 0 Å². The second kappa shape index (κ2) is 4.26. The summed E-state index contributed by atoms with van der Waals surface area (Å²) < 4.78 is 0. The first-order valence-electron chi connectivity index (χ1n) is 5.93. The van der Waals surface area contributed by atoms with Gasteiger partial charge in [-0.2, -0.15) is 11.3 Å². The van der Waals surface area contributed by atoms with Gasteiger partial charge < -0.3 is 5.73 Å². The normalized spacial score (nSPS) is 32.1. The molecule has 1 heterocycles. The topological polar surface area (TPSA) is 26.0 Å². The second-order valence-corrected chi connectivity index (χ2v) is 6.05. The Morgan fingerprint density at radius 2 is 2.33 bits per heavy atom. The van der Waals surface area contributed by atoms with Crippen LogP contribution in [0, 0.1) is 11.8 Å². The first kappa shape index (κ1) is 11.2. The lowest BCUT2D eigenvalue weighted by Gasteiger charge is -2.39. The van der Waals surface area contributed by atoms with E-state index >= 15 is 0 Å². The molecule has 1 aliphatic rings. The quantitative estimate of drug-likeness (QED) is 0.812. The van der Waals surface area contributed by atoms with Crippen LogP contribution in [0.3, 0.4) is 0 Å². The molecule has 2 heteroatoms. The molecule has 1 aliphatic carbocycles. The van der Waals surface area contributed by atoms with Crippen LogP contribution in [0.2, 0.25) is 0 Å². The van der Waals surface area contributed by atoms with Crippen LogP contribution in [0.4, 0.5) is 0 Å². The highest BCUT2D eigenvalue weighted by Crippen LogP contribution is 2.41. The first-order chi connectivity index (χ1) is 7.12. The average molecular weight is 223 g/mol. The van der Waals surface area contributed by atoms with E-state index < -0.39 is 0 Å². The van der Waals surface area contributed by atoms with Crippen LogP contribution in [0.5, 0.6) is 0 Å². The molecule has 0 amide bonds. The lowest BCUT2D eigenvalue weighted by atomic mass is 9.70. The Kier molecular flexibility index (Phi) is 3.17. The molecule has 0 spiro atoms. The standard InChI is InChI=1S/C13H21NS/c1-10(2)11-4-3-6-13(14,8-11)12-5-7-15-9-12/h5,7,9-11H,3-4,6,8,14H2,1-2H3. The molecule has 0 aliphatic heterocycles. The second-order valence-electron chi connectivity index (χ2n) is 5.27. The van der Waals surface area contributed by atoms with Crippen molar-refractivity contribution < 1.29 is 0 Å². The lowest BCUT2D eigenvalue weighted by Crippen LogP contribution is -2.42. The molecular weight excluding hydrogens is 202 g/mol. The van der Waals surface area contributed by atoms with Gasteiger partial charge in [0, 0.05) is 5.54 Å². The van der Waals surface area contributed by atoms with E-state index in [-0.39, 0.29) is 5.54 Å². The van der Waals surface area contributed by atoms with Gasteiger partial charge in [0.2, 0.25) is 0 Å². The van der Waals surface area contributed by atoms with Crippen molar-refractivity contribution in [1.29, 1.82) is 0 Å². The molecule has 1 nitrogen and oxygen atoms in total. The van der Waals surface area contributed by atoms with E-state index in [1.807, 2.05) is 0 Å². The zero-order valence-corrected chi connectivity index (χ0v) is 10.5. The summed E-state index contributed by atoms with van der Waals surface area (Å²) in [6.07, 6.45) is 4.98. The Hall–Kier alpha value is -0.340. The fraction of sp³-hybridized carbons (Fsp3) is 0.692. The van der Waals surface area contributed by atoms with E-state index in [2.05, 4.69) is 30.7 Å². The molecule has 0 bridgehead atoms. The molecule has 2 atom stereocenters. The first-order valence-corrected chi connectivity index (χ1v) is 6.88. The van der Waals surface area contributed by atoms with Gasteiger partial charge in [-0.1, -0.05) is 26.7 Å². The van der Waals surface area contributed by atoms with Gasteiger partial charge in [-0.25, -0.2) is 0 Å². The van der Waals surface area contributed by atoms with Crippen molar-refractivity contribution in [2.75, 3.05) is 0 Å². The van der Waals surface area contributed by atoms with E-state index in [1.54, 1.807) is 11.3 Å². The fourth-order valence-electron chi connectivity index (χ4n) is 2.73.